The molecule has 1 saturated heterocycles. The van der Waals surface area contributed by atoms with Crippen LogP contribution < -0.4 is 5.32 Å². The molecule has 1 aromatic carbocycles. The van der Waals surface area contributed by atoms with Gasteiger partial charge in [0, 0.05) is 25.1 Å². The van der Waals surface area contributed by atoms with Gasteiger partial charge in [0.15, 0.2) is 0 Å². The lowest BCUT2D eigenvalue weighted by molar-refractivity contribution is 0.522. The Bertz CT molecular complexity index is 576. The average Bonchev–Trinajstić information content (AvgIpc) is 2.91. The molecule has 1 fully saturated rings. The molecule has 2 atom stereocenters. The highest BCUT2D eigenvalue weighted by Gasteiger charge is 2.29. The fourth-order valence-electron chi connectivity index (χ4n) is 2.89. The zero-order chi connectivity index (χ0) is 12.7. The highest BCUT2D eigenvalue weighted by molar-refractivity contribution is 5.76. The molecule has 0 amide bonds. The van der Waals surface area contributed by atoms with Crippen molar-refractivity contribution in [3.05, 3.63) is 29.8 Å². The summed E-state index contributed by atoms with van der Waals surface area (Å²) in [4.78, 5) is 4.66. The normalized spacial score (nSPS) is 23.9. The van der Waals surface area contributed by atoms with Crippen molar-refractivity contribution in [2.75, 3.05) is 13.1 Å². The van der Waals surface area contributed by atoms with Crippen molar-refractivity contribution in [3.63, 3.8) is 0 Å². The van der Waals surface area contributed by atoms with Crippen molar-refractivity contribution in [1.29, 1.82) is 0 Å². The fraction of sp³-hybridized carbons (Fsp3) is 0.500. The summed E-state index contributed by atoms with van der Waals surface area (Å²) in [5, 5.41) is 3.40. The molecule has 2 aromatic rings. The number of aromatic nitrogens is 2. The first-order valence-electron chi connectivity index (χ1n) is 6.57. The monoisotopic (exact) mass is 247 g/mol. The van der Waals surface area contributed by atoms with Crippen molar-refractivity contribution in [2.24, 2.45) is 5.92 Å². The molecule has 0 unspecified atom stereocenters. The van der Waals surface area contributed by atoms with E-state index in [0.29, 0.717) is 11.8 Å². The number of hydrogen-bond donors (Lipinski definition) is 1. The minimum atomic E-state index is -0.215. The summed E-state index contributed by atoms with van der Waals surface area (Å²) in [6.45, 7) is 7.23. The molecule has 3 rings (SSSR count). The summed E-state index contributed by atoms with van der Waals surface area (Å²) in [6, 6.07) is 4.87. The highest BCUT2D eigenvalue weighted by Crippen LogP contribution is 2.30. The number of halogens is 1. The Morgan fingerprint density at radius 3 is 2.94 bits per heavy atom. The summed E-state index contributed by atoms with van der Waals surface area (Å²) in [6.07, 6.45) is 0. The zero-order valence-corrected chi connectivity index (χ0v) is 10.8. The van der Waals surface area contributed by atoms with Crippen molar-refractivity contribution in [1.82, 2.24) is 14.9 Å². The number of nitrogens with zero attached hydrogens (tertiary/aromatic N) is 2. The van der Waals surface area contributed by atoms with Gasteiger partial charge in [-0.15, -0.1) is 0 Å². The van der Waals surface area contributed by atoms with Crippen LogP contribution in [0.5, 0.6) is 0 Å². The van der Waals surface area contributed by atoms with Crippen LogP contribution in [0.4, 0.5) is 4.39 Å². The van der Waals surface area contributed by atoms with Gasteiger partial charge in [-0.2, -0.15) is 0 Å². The Balaban J connectivity index is 2.16. The number of rotatable bonds is 2. The van der Waals surface area contributed by atoms with Gasteiger partial charge in [-0.1, -0.05) is 6.92 Å². The molecule has 1 aromatic heterocycles. The minimum absolute atomic E-state index is 0.215. The zero-order valence-electron chi connectivity index (χ0n) is 10.8. The van der Waals surface area contributed by atoms with Gasteiger partial charge in [0.2, 0.25) is 0 Å². The first-order chi connectivity index (χ1) is 8.70. The van der Waals surface area contributed by atoms with Crippen LogP contribution in [0.15, 0.2) is 18.2 Å². The number of aryl methyl sites for hydroxylation is 1. The van der Waals surface area contributed by atoms with E-state index in [9.17, 15) is 4.39 Å². The summed E-state index contributed by atoms with van der Waals surface area (Å²) in [7, 11) is 0. The molecular weight excluding hydrogens is 229 g/mol. The third-order valence-corrected chi connectivity index (χ3v) is 3.91. The minimum Gasteiger partial charge on any atom is -0.328 e. The van der Waals surface area contributed by atoms with Crippen molar-refractivity contribution < 1.29 is 4.39 Å². The molecule has 0 aliphatic carbocycles. The van der Waals surface area contributed by atoms with E-state index in [2.05, 4.69) is 28.7 Å². The number of benzene rings is 1. The standard InChI is InChI=1S/C14H18FN3/c1-3-18-13-5-4-10(15)6-12(13)17-14(18)11-8-16-7-9(11)2/h4-6,9,11,16H,3,7-8H2,1-2H3/t9-,11-/m1/s1. The van der Waals surface area contributed by atoms with Crippen molar-refractivity contribution in [2.45, 2.75) is 26.3 Å². The van der Waals surface area contributed by atoms with Crippen LogP contribution in [0.1, 0.15) is 25.6 Å². The maximum Gasteiger partial charge on any atom is 0.125 e. The van der Waals surface area contributed by atoms with Gasteiger partial charge in [-0.3, -0.25) is 0 Å². The second kappa shape index (κ2) is 4.35. The Morgan fingerprint density at radius 2 is 2.28 bits per heavy atom. The molecule has 1 N–H and O–H groups in total. The summed E-state index contributed by atoms with van der Waals surface area (Å²) >= 11 is 0. The Morgan fingerprint density at radius 1 is 1.44 bits per heavy atom. The third-order valence-electron chi connectivity index (χ3n) is 3.91. The first kappa shape index (κ1) is 11.7. The Hall–Kier alpha value is -1.42. The number of fused-ring (bicyclic) bond motifs is 1. The Kier molecular flexibility index (Phi) is 2.82. The maximum absolute atomic E-state index is 13.3. The molecule has 0 saturated carbocycles. The van der Waals surface area contributed by atoms with E-state index in [-0.39, 0.29) is 5.82 Å². The van der Waals surface area contributed by atoms with Crippen molar-refractivity contribution >= 4 is 11.0 Å². The smallest absolute Gasteiger partial charge is 0.125 e. The second-order valence-corrected chi connectivity index (χ2v) is 5.09. The van der Waals surface area contributed by atoms with Gasteiger partial charge < -0.3 is 9.88 Å². The SMILES string of the molecule is CCn1c([C@@H]2CNC[C@H]2C)nc2cc(F)ccc21. The van der Waals surface area contributed by atoms with E-state index in [1.807, 2.05) is 6.07 Å². The van der Waals surface area contributed by atoms with E-state index >= 15 is 0 Å². The second-order valence-electron chi connectivity index (χ2n) is 5.09. The summed E-state index contributed by atoms with van der Waals surface area (Å²) in [5.41, 5.74) is 1.80. The van der Waals surface area contributed by atoms with Crippen LogP contribution in [0.25, 0.3) is 11.0 Å². The fourth-order valence-corrected chi connectivity index (χ4v) is 2.89. The molecule has 4 heteroatoms. The van der Waals surface area contributed by atoms with Crippen molar-refractivity contribution in [3.8, 4) is 0 Å². The molecule has 1 aliphatic heterocycles. The van der Waals surface area contributed by atoms with E-state index < -0.39 is 0 Å². The van der Waals surface area contributed by atoms with E-state index in [1.54, 1.807) is 0 Å². The van der Waals surface area contributed by atoms with Gasteiger partial charge in [0.1, 0.15) is 11.6 Å². The molecule has 0 radical (unpaired) electrons. The van der Waals surface area contributed by atoms with Gasteiger partial charge in [-0.05, 0) is 31.5 Å². The maximum atomic E-state index is 13.3. The third kappa shape index (κ3) is 1.72. The predicted molar refractivity (Wildman–Crippen MR) is 70.1 cm³/mol. The van der Waals surface area contributed by atoms with Crippen LogP contribution in [0, 0.1) is 11.7 Å². The Labute approximate surface area is 106 Å². The molecule has 2 heterocycles. The lowest BCUT2D eigenvalue weighted by Gasteiger charge is -2.15. The van der Waals surface area contributed by atoms with Gasteiger partial charge in [-0.25, -0.2) is 9.37 Å². The van der Waals surface area contributed by atoms with Gasteiger partial charge in [0.05, 0.1) is 11.0 Å². The largest absolute Gasteiger partial charge is 0.328 e. The van der Waals surface area contributed by atoms with Gasteiger partial charge >= 0.3 is 0 Å². The van der Waals surface area contributed by atoms with Crippen LogP contribution in [-0.2, 0) is 6.54 Å². The predicted octanol–water partition coefficient (Wildman–Crippen LogP) is 2.52. The first-order valence-corrected chi connectivity index (χ1v) is 6.57. The molecule has 0 spiro atoms. The molecule has 3 nitrogen and oxygen atoms in total. The van der Waals surface area contributed by atoms with E-state index in [1.165, 1.54) is 12.1 Å². The number of nitrogens with one attached hydrogen (secondary N) is 1. The quantitative estimate of drug-likeness (QED) is 0.883. The lowest BCUT2D eigenvalue weighted by atomic mass is 9.97. The number of hydrogen-bond acceptors (Lipinski definition) is 2. The molecule has 18 heavy (non-hydrogen) atoms. The van der Waals surface area contributed by atoms with E-state index in [4.69, 9.17) is 0 Å². The molecule has 96 valence electrons. The lowest BCUT2D eigenvalue weighted by Crippen LogP contribution is -2.14. The van der Waals surface area contributed by atoms with Gasteiger partial charge in [0.25, 0.3) is 0 Å². The van der Waals surface area contributed by atoms with Crippen LogP contribution >= 0.6 is 0 Å². The molecule has 0 bridgehead atoms. The highest BCUT2D eigenvalue weighted by atomic mass is 19.1. The molecular formula is C14H18FN3. The molecule has 1 aliphatic rings. The van der Waals surface area contributed by atoms with E-state index in [0.717, 1.165) is 36.5 Å². The average molecular weight is 247 g/mol. The number of imidazole rings is 1. The van der Waals surface area contributed by atoms with Crippen LogP contribution in [-0.4, -0.2) is 22.6 Å². The topological polar surface area (TPSA) is 29.9 Å². The van der Waals surface area contributed by atoms with Crippen LogP contribution in [0.3, 0.4) is 0 Å². The summed E-state index contributed by atoms with van der Waals surface area (Å²) < 4.78 is 15.5. The van der Waals surface area contributed by atoms with Crippen LogP contribution in [0.2, 0.25) is 0 Å². The summed E-state index contributed by atoms with van der Waals surface area (Å²) in [5.74, 6) is 1.89.